The van der Waals surface area contributed by atoms with Gasteiger partial charge in [0.15, 0.2) is 9.84 Å². The molecule has 0 saturated heterocycles. The van der Waals surface area contributed by atoms with Crippen LogP contribution in [-0.4, -0.2) is 21.2 Å². The van der Waals surface area contributed by atoms with Crippen molar-refractivity contribution in [2.75, 3.05) is 12.8 Å². The molecule has 0 atom stereocenters. The van der Waals surface area contributed by atoms with Crippen LogP contribution in [-0.2, 0) is 16.4 Å². The van der Waals surface area contributed by atoms with Crippen LogP contribution in [0.15, 0.2) is 29.2 Å². The summed E-state index contributed by atoms with van der Waals surface area (Å²) in [5.41, 5.74) is 1.12. The molecule has 1 aromatic rings. The summed E-state index contributed by atoms with van der Waals surface area (Å²) in [4.78, 5) is 0.382. The predicted molar refractivity (Wildman–Crippen MR) is 70.8 cm³/mol. The molecule has 1 aromatic carbocycles. The van der Waals surface area contributed by atoms with Gasteiger partial charge in [-0.25, -0.2) is 8.42 Å². The summed E-state index contributed by atoms with van der Waals surface area (Å²) in [6.07, 6.45) is 4.90. The highest BCUT2D eigenvalue weighted by atomic mass is 32.2. The topological polar surface area (TPSA) is 46.2 Å². The molecular weight excluding hydrogens is 234 g/mol. The van der Waals surface area contributed by atoms with E-state index in [2.05, 4.69) is 12.2 Å². The summed E-state index contributed by atoms with van der Waals surface area (Å²) < 4.78 is 22.5. The number of nitrogens with one attached hydrogen (secondary N) is 1. The Morgan fingerprint density at radius 2 is 1.76 bits per heavy atom. The quantitative estimate of drug-likeness (QED) is 0.761. The molecule has 0 heterocycles. The highest BCUT2D eigenvalue weighted by molar-refractivity contribution is 7.90. The van der Waals surface area contributed by atoms with Gasteiger partial charge >= 0.3 is 0 Å². The van der Waals surface area contributed by atoms with Crippen molar-refractivity contribution in [3.63, 3.8) is 0 Å². The Morgan fingerprint density at radius 3 is 2.29 bits per heavy atom. The Labute approximate surface area is 104 Å². The average Bonchev–Trinajstić information content (AvgIpc) is 2.28. The van der Waals surface area contributed by atoms with Gasteiger partial charge in [0.1, 0.15) is 0 Å². The molecule has 0 aliphatic heterocycles. The lowest BCUT2D eigenvalue weighted by Crippen LogP contribution is -2.14. The van der Waals surface area contributed by atoms with E-state index in [1.807, 2.05) is 12.1 Å². The van der Waals surface area contributed by atoms with E-state index in [-0.39, 0.29) is 0 Å². The molecule has 0 bridgehead atoms. The zero-order valence-corrected chi connectivity index (χ0v) is 11.4. The molecule has 1 rings (SSSR count). The zero-order valence-electron chi connectivity index (χ0n) is 10.6. The first-order valence-corrected chi connectivity index (χ1v) is 7.93. The maximum Gasteiger partial charge on any atom is 0.175 e. The first kappa shape index (κ1) is 14.2. The van der Waals surface area contributed by atoms with Crippen molar-refractivity contribution in [1.82, 2.24) is 5.32 Å². The molecule has 0 aliphatic rings. The van der Waals surface area contributed by atoms with Crippen molar-refractivity contribution in [2.45, 2.75) is 37.6 Å². The van der Waals surface area contributed by atoms with Crippen molar-refractivity contribution in [1.29, 1.82) is 0 Å². The fourth-order valence-electron chi connectivity index (χ4n) is 1.59. The molecule has 1 N–H and O–H groups in total. The number of benzene rings is 1. The van der Waals surface area contributed by atoms with E-state index in [9.17, 15) is 8.42 Å². The van der Waals surface area contributed by atoms with E-state index < -0.39 is 9.84 Å². The molecule has 0 saturated carbocycles. The van der Waals surface area contributed by atoms with Gasteiger partial charge in [-0.15, -0.1) is 0 Å². The summed E-state index contributed by atoms with van der Waals surface area (Å²) >= 11 is 0. The highest BCUT2D eigenvalue weighted by Crippen LogP contribution is 2.10. The van der Waals surface area contributed by atoms with E-state index in [0.717, 1.165) is 18.7 Å². The highest BCUT2D eigenvalue weighted by Gasteiger charge is 2.05. The van der Waals surface area contributed by atoms with Crippen LogP contribution in [0.5, 0.6) is 0 Å². The normalized spacial score (nSPS) is 11.6. The fourth-order valence-corrected chi connectivity index (χ4v) is 2.22. The van der Waals surface area contributed by atoms with Gasteiger partial charge in [0.2, 0.25) is 0 Å². The second kappa shape index (κ2) is 6.77. The van der Waals surface area contributed by atoms with Gasteiger partial charge in [-0.2, -0.15) is 0 Å². The Kier molecular flexibility index (Phi) is 5.65. The molecule has 0 fully saturated rings. The molecule has 0 amide bonds. The van der Waals surface area contributed by atoms with Crippen LogP contribution in [0.4, 0.5) is 0 Å². The molecule has 3 nitrogen and oxygen atoms in total. The van der Waals surface area contributed by atoms with E-state index in [4.69, 9.17) is 0 Å². The first-order chi connectivity index (χ1) is 8.04. The second-order valence-electron chi connectivity index (χ2n) is 4.30. The molecule has 17 heavy (non-hydrogen) atoms. The van der Waals surface area contributed by atoms with E-state index in [1.165, 1.54) is 25.5 Å². The fraction of sp³-hybridized carbons (Fsp3) is 0.538. The van der Waals surface area contributed by atoms with E-state index >= 15 is 0 Å². The molecule has 0 unspecified atom stereocenters. The summed E-state index contributed by atoms with van der Waals surface area (Å²) in [5.74, 6) is 0. The van der Waals surface area contributed by atoms with Gasteiger partial charge in [0, 0.05) is 12.8 Å². The van der Waals surface area contributed by atoms with Crippen LogP contribution in [0.3, 0.4) is 0 Å². The maximum atomic E-state index is 11.3. The predicted octanol–water partition coefficient (Wildman–Crippen LogP) is 2.37. The Hall–Kier alpha value is -0.870. The van der Waals surface area contributed by atoms with Crippen molar-refractivity contribution in [3.05, 3.63) is 29.8 Å². The second-order valence-corrected chi connectivity index (χ2v) is 6.32. The van der Waals surface area contributed by atoms with Crippen LogP contribution >= 0.6 is 0 Å². The molecule has 0 aliphatic carbocycles. The van der Waals surface area contributed by atoms with E-state index in [0.29, 0.717) is 4.90 Å². The minimum Gasteiger partial charge on any atom is -0.313 e. The number of rotatable bonds is 7. The first-order valence-electron chi connectivity index (χ1n) is 6.03. The Bertz CT molecular complexity index is 423. The minimum atomic E-state index is -3.07. The minimum absolute atomic E-state index is 0.382. The molecule has 96 valence electrons. The van der Waals surface area contributed by atoms with Crippen molar-refractivity contribution >= 4 is 9.84 Å². The molecule has 0 radical (unpaired) electrons. The summed E-state index contributed by atoms with van der Waals surface area (Å²) in [6, 6.07) is 7.06. The molecular formula is C13H21NO2S. The third-order valence-corrected chi connectivity index (χ3v) is 3.77. The summed E-state index contributed by atoms with van der Waals surface area (Å²) in [5, 5.41) is 3.35. The molecule has 0 spiro atoms. The van der Waals surface area contributed by atoms with Gasteiger partial charge in [-0.05, 0) is 30.7 Å². The van der Waals surface area contributed by atoms with Crippen LogP contribution in [0.25, 0.3) is 0 Å². The molecule has 4 heteroatoms. The van der Waals surface area contributed by atoms with Crippen molar-refractivity contribution < 1.29 is 8.42 Å². The zero-order chi connectivity index (χ0) is 12.7. The number of unbranched alkanes of at least 4 members (excludes halogenated alkanes) is 2. The average molecular weight is 255 g/mol. The van der Waals surface area contributed by atoms with Gasteiger partial charge < -0.3 is 5.32 Å². The summed E-state index contributed by atoms with van der Waals surface area (Å²) in [7, 11) is -3.07. The van der Waals surface area contributed by atoms with Crippen LogP contribution in [0.1, 0.15) is 31.7 Å². The van der Waals surface area contributed by atoms with Crippen molar-refractivity contribution in [2.24, 2.45) is 0 Å². The Morgan fingerprint density at radius 1 is 1.12 bits per heavy atom. The van der Waals surface area contributed by atoms with Gasteiger partial charge in [-0.1, -0.05) is 31.9 Å². The van der Waals surface area contributed by atoms with Gasteiger partial charge in [0.25, 0.3) is 0 Å². The standard InChI is InChI=1S/C13H21NO2S/c1-3-4-5-10-14-11-12-6-8-13(9-7-12)17(2,15)16/h6-9,14H,3-5,10-11H2,1-2H3. The van der Waals surface area contributed by atoms with E-state index in [1.54, 1.807) is 12.1 Å². The SMILES string of the molecule is CCCCCNCc1ccc(S(C)(=O)=O)cc1. The van der Waals surface area contributed by atoms with Gasteiger partial charge in [-0.3, -0.25) is 0 Å². The van der Waals surface area contributed by atoms with Crippen molar-refractivity contribution in [3.8, 4) is 0 Å². The van der Waals surface area contributed by atoms with Gasteiger partial charge in [0.05, 0.1) is 4.90 Å². The largest absolute Gasteiger partial charge is 0.313 e. The third kappa shape index (κ3) is 5.33. The van der Waals surface area contributed by atoms with Crippen LogP contribution < -0.4 is 5.32 Å². The lowest BCUT2D eigenvalue weighted by atomic mass is 10.2. The lowest BCUT2D eigenvalue weighted by Gasteiger charge is -2.05. The monoisotopic (exact) mass is 255 g/mol. The lowest BCUT2D eigenvalue weighted by molar-refractivity contribution is 0.601. The number of sulfone groups is 1. The summed E-state index contributed by atoms with van der Waals surface area (Å²) in [6.45, 7) is 4.00. The maximum absolute atomic E-state index is 11.3. The van der Waals surface area contributed by atoms with Crippen LogP contribution in [0.2, 0.25) is 0 Å². The van der Waals surface area contributed by atoms with Crippen LogP contribution in [0, 0.1) is 0 Å². The number of hydrogen-bond donors (Lipinski definition) is 1. The molecule has 0 aromatic heterocycles. The third-order valence-electron chi connectivity index (χ3n) is 2.64. The Balaban J connectivity index is 2.41. The number of hydrogen-bond acceptors (Lipinski definition) is 3. The smallest absolute Gasteiger partial charge is 0.175 e.